The van der Waals surface area contributed by atoms with Crippen molar-refractivity contribution in [3.63, 3.8) is 0 Å². The molecule has 2 aromatic rings. The minimum atomic E-state index is -0.501. The first kappa shape index (κ1) is 15.5. The number of Topliss-reactive ketones (excluding diaryl/α,β-unsaturated/α-hetero) is 1. The second-order valence-corrected chi connectivity index (χ2v) is 7.50. The zero-order valence-electron chi connectivity index (χ0n) is 14.3. The number of imide groups is 1. The van der Waals surface area contributed by atoms with Gasteiger partial charge in [0, 0.05) is 18.9 Å². The fraction of sp³-hybridized carbons (Fsp3) is 0.318. The Balaban J connectivity index is 1.48. The van der Waals surface area contributed by atoms with Crippen LogP contribution in [0.25, 0.3) is 0 Å². The Kier molecular flexibility index (Phi) is 3.36. The molecule has 3 aliphatic carbocycles. The predicted molar refractivity (Wildman–Crippen MR) is 95.4 cm³/mol. The van der Waals surface area contributed by atoms with E-state index >= 15 is 0 Å². The largest absolute Gasteiger partial charge is 0.299 e. The zero-order valence-corrected chi connectivity index (χ0v) is 14.3. The molecular formula is C22H19NO3. The summed E-state index contributed by atoms with van der Waals surface area (Å²) in [4.78, 5) is 40.2. The number of hydrogen-bond acceptors (Lipinski definition) is 3. The van der Waals surface area contributed by atoms with Crippen molar-refractivity contribution in [3.05, 3.63) is 71.3 Å². The zero-order chi connectivity index (χ0) is 17.8. The molecule has 0 radical (unpaired) electrons. The molecule has 1 aliphatic heterocycles. The molecule has 4 heteroatoms. The van der Waals surface area contributed by atoms with E-state index in [1.807, 2.05) is 54.6 Å². The molecule has 2 bridgehead atoms. The van der Waals surface area contributed by atoms with Gasteiger partial charge in [-0.05, 0) is 23.1 Å². The molecule has 4 nitrogen and oxygen atoms in total. The number of likely N-dealkylation sites (tertiary alicyclic amines) is 1. The minimum absolute atomic E-state index is 0.0899. The maximum Gasteiger partial charge on any atom is 0.234 e. The fourth-order valence-electron chi connectivity index (χ4n) is 5.13. The molecule has 2 fully saturated rings. The molecule has 4 atom stereocenters. The van der Waals surface area contributed by atoms with Gasteiger partial charge in [0.05, 0.1) is 17.8 Å². The highest BCUT2D eigenvalue weighted by molar-refractivity contribution is 6.11. The summed E-state index contributed by atoms with van der Waals surface area (Å²) in [5, 5.41) is 0. The predicted octanol–water partition coefficient (Wildman–Crippen LogP) is 2.68. The number of carbonyl (C=O) groups is 3. The summed E-state index contributed by atoms with van der Waals surface area (Å²) in [5.41, 5.74) is 3.15. The van der Waals surface area contributed by atoms with Crippen molar-refractivity contribution in [2.45, 2.75) is 24.7 Å². The van der Waals surface area contributed by atoms with E-state index in [2.05, 4.69) is 0 Å². The van der Waals surface area contributed by atoms with Gasteiger partial charge in [0.15, 0.2) is 0 Å². The van der Waals surface area contributed by atoms with Crippen molar-refractivity contribution in [1.82, 2.24) is 4.90 Å². The highest BCUT2D eigenvalue weighted by Gasteiger charge is 2.62. The summed E-state index contributed by atoms with van der Waals surface area (Å²) < 4.78 is 0. The van der Waals surface area contributed by atoms with E-state index in [9.17, 15) is 14.4 Å². The highest BCUT2D eigenvalue weighted by atomic mass is 16.2. The molecule has 1 heterocycles. The molecule has 130 valence electrons. The number of ketones is 1. The number of amides is 2. The van der Waals surface area contributed by atoms with Gasteiger partial charge in [0.25, 0.3) is 0 Å². The van der Waals surface area contributed by atoms with E-state index in [0.717, 1.165) is 16.7 Å². The first-order valence-electron chi connectivity index (χ1n) is 9.17. The molecule has 1 saturated heterocycles. The molecule has 0 unspecified atom stereocenters. The van der Waals surface area contributed by atoms with Crippen molar-refractivity contribution in [2.24, 2.45) is 11.8 Å². The third-order valence-corrected chi connectivity index (χ3v) is 6.25. The van der Waals surface area contributed by atoms with Crippen molar-refractivity contribution < 1.29 is 14.4 Å². The molecule has 0 spiro atoms. The number of hydrogen-bond donors (Lipinski definition) is 0. The van der Waals surface area contributed by atoms with Crippen molar-refractivity contribution in [1.29, 1.82) is 0 Å². The number of fused-ring (bicyclic) bond motifs is 1. The van der Waals surface area contributed by atoms with Gasteiger partial charge in [0.1, 0.15) is 5.78 Å². The molecular weight excluding hydrogens is 326 g/mol. The lowest BCUT2D eigenvalue weighted by molar-refractivity contribution is -0.140. The molecule has 2 aromatic carbocycles. The maximum absolute atomic E-state index is 13.1. The van der Waals surface area contributed by atoms with Crippen molar-refractivity contribution >= 4 is 17.6 Å². The van der Waals surface area contributed by atoms with Crippen molar-refractivity contribution in [3.8, 4) is 0 Å². The van der Waals surface area contributed by atoms with Gasteiger partial charge in [-0.25, -0.2) is 0 Å². The van der Waals surface area contributed by atoms with Crippen LogP contribution < -0.4 is 0 Å². The smallest absolute Gasteiger partial charge is 0.234 e. The second-order valence-electron chi connectivity index (χ2n) is 7.50. The van der Waals surface area contributed by atoms with E-state index < -0.39 is 11.8 Å². The average Bonchev–Trinajstić information content (AvgIpc) is 2.93. The molecule has 26 heavy (non-hydrogen) atoms. The van der Waals surface area contributed by atoms with Crippen LogP contribution in [-0.4, -0.2) is 29.0 Å². The quantitative estimate of drug-likeness (QED) is 0.804. The third-order valence-electron chi connectivity index (χ3n) is 6.25. The summed E-state index contributed by atoms with van der Waals surface area (Å²) >= 11 is 0. The number of carbonyl (C=O) groups excluding carboxylic acids is 3. The first-order valence-corrected chi connectivity index (χ1v) is 9.17. The van der Waals surface area contributed by atoms with Crippen LogP contribution in [0.1, 0.15) is 34.9 Å². The minimum Gasteiger partial charge on any atom is -0.299 e. The van der Waals surface area contributed by atoms with Gasteiger partial charge in [0.2, 0.25) is 11.8 Å². The Morgan fingerprint density at radius 2 is 1.46 bits per heavy atom. The van der Waals surface area contributed by atoms with Crippen LogP contribution in [0.15, 0.2) is 54.6 Å². The normalized spacial score (nSPS) is 29.1. The van der Waals surface area contributed by atoms with Gasteiger partial charge in [-0.3, -0.25) is 19.3 Å². The Hall–Kier alpha value is -2.75. The van der Waals surface area contributed by atoms with E-state index in [4.69, 9.17) is 0 Å². The molecule has 6 rings (SSSR count). The average molecular weight is 345 g/mol. The van der Waals surface area contributed by atoms with Gasteiger partial charge >= 0.3 is 0 Å². The van der Waals surface area contributed by atoms with Crippen LogP contribution in [0.2, 0.25) is 0 Å². The van der Waals surface area contributed by atoms with Gasteiger partial charge < -0.3 is 0 Å². The lowest BCUT2D eigenvalue weighted by Crippen LogP contribution is -2.44. The van der Waals surface area contributed by atoms with E-state index in [-0.39, 0.29) is 29.4 Å². The van der Waals surface area contributed by atoms with Crippen LogP contribution >= 0.6 is 0 Å². The lowest BCUT2D eigenvalue weighted by atomic mass is 9.56. The van der Waals surface area contributed by atoms with Crippen LogP contribution in [-0.2, 0) is 20.8 Å². The second kappa shape index (κ2) is 5.63. The molecule has 2 amide bonds. The lowest BCUT2D eigenvalue weighted by Gasteiger charge is -2.43. The Morgan fingerprint density at radius 3 is 2.23 bits per heavy atom. The number of benzene rings is 2. The van der Waals surface area contributed by atoms with Gasteiger partial charge in [-0.2, -0.15) is 0 Å². The van der Waals surface area contributed by atoms with E-state index in [1.165, 1.54) is 4.90 Å². The SMILES string of the molecule is O=C1C[C@H]2c3ccccc3[C@@H]1[C@@H]1C(=O)N(CCc3ccccc3)C(=O)[C@H]12. The van der Waals surface area contributed by atoms with E-state index in [0.29, 0.717) is 19.4 Å². The summed E-state index contributed by atoms with van der Waals surface area (Å²) in [7, 11) is 0. The summed E-state index contributed by atoms with van der Waals surface area (Å²) in [6, 6.07) is 17.7. The fourth-order valence-corrected chi connectivity index (χ4v) is 5.13. The van der Waals surface area contributed by atoms with Crippen LogP contribution in [0.5, 0.6) is 0 Å². The molecule has 1 saturated carbocycles. The Labute approximate surface area is 151 Å². The molecule has 4 aliphatic rings. The van der Waals surface area contributed by atoms with Gasteiger partial charge in [-0.15, -0.1) is 0 Å². The van der Waals surface area contributed by atoms with Crippen LogP contribution in [0, 0.1) is 11.8 Å². The van der Waals surface area contributed by atoms with Crippen LogP contribution in [0.3, 0.4) is 0 Å². The third kappa shape index (κ3) is 2.05. The summed E-state index contributed by atoms with van der Waals surface area (Å²) in [6.07, 6.45) is 1.03. The maximum atomic E-state index is 13.1. The topological polar surface area (TPSA) is 54.5 Å². The Bertz CT molecular complexity index is 920. The summed E-state index contributed by atoms with van der Waals surface area (Å²) in [6.45, 7) is 0.388. The van der Waals surface area contributed by atoms with Gasteiger partial charge in [-0.1, -0.05) is 54.6 Å². The number of rotatable bonds is 3. The monoisotopic (exact) mass is 345 g/mol. The first-order chi connectivity index (χ1) is 12.7. The number of nitrogens with zero attached hydrogens (tertiary/aromatic N) is 1. The van der Waals surface area contributed by atoms with Crippen molar-refractivity contribution in [2.75, 3.05) is 6.54 Å². The highest BCUT2D eigenvalue weighted by Crippen LogP contribution is 2.57. The molecule has 0 N–H and O–H groups in total. The van der Waals surface area contributed by atoms with E-state index in [1.54, 1.807) is 0 Å². The Morgan fingerprint density at radius 1 is 0.808 bits per heavy atom. The molecule has 0 aromatic heterocycles. The summed E-state index contributed by atoms with van der Waals surface area (Å²) in [5.74, 6) is -1.59. The standard InChI is InChI=1S/C22H19NO3/c24-17-12-16-14-8-4-5-9-15(14)18(17)20-19(16)21(25)23(22(20)26)11-10-13-6-2-1-3-7-13/h1-9,16,18-20H,10-12H2/t16-,18-,19-,20-/m0/s1. The van der Waals surface area contributed by atoms with Crippen LogP contribution in [0.4, 0.5) is 0 Å².